The zero-order valence-corrected chi connectivity index (χ0v) is 16.6. The molecule has 0 amide bonds. The maximum atomic E-state index is 11.1. The van der Waals surface area contributed by atoms with E-state index in [0.29, 0.717) is 11.8 Å². The van der Waals surface area contributed by atoms with E-state index in [-0.39, 0.29) is 18.1 Å². The number of ether oxygens (including phenoxy) is 1. The van der Waals surface area contributed by atoms with Crippen molar-refractivity contribution in [3.63, 3.8) is 0 Å². The summed E-state index contributed by atoms with van der Waals surface area (Å²) >= 11 is 3.49. The summed E-state index contributed by atoms with van der Waals surface area (Å²) in [7, 11) is 1.47. The van der Waals surface area contributed by atoms with Gasteiger partial charge in [-0.2, -0.15) is 0 Å². The Morgan fingerprint density at radius 1 is 1.24 bits per heavy atom. The molecule has 25 heavy (non-hydrogen) atoms. The van der Waals surface area contributed by atoms with Crippen molar-refractivity contribution in [3.05, 3.63) is 26.7 Å². The first-order valence-electron chi connectivity index (χ1n) is 8.32. The summed E-state index contributed by atoms with van der Waals surface area (Å²) in [5.41, 5.74) is 0.958. The van der Waals surface area contributed by atoms with Crippen LogP contribution in [0.25, 0.3) is 0 Å². The average molecular weight is 436 g/mol. The molecule has 0 radical (unpaired) electrons. The van der Waals surface area contributed by atoms with Gasteiger partial charge in [0, 0.05) is 61.9 Å². The van der Waals surface area contributed by atoms with Crippen LogP contribution >= 0.6 is 28.3 Å². The van der Waals surface area contributed by atoms with Gasteiger partial charge in [-0.3, -0.25) is 15.0 Å². The van der Waals surface area contributed by atoms with Crippen molar-refractivity contribution in [1.29, 1.82) is 0 Å². The summed E-state index contributed by atoms with van der Waals surface area (Å²) in [6.45, 7) is 6.30. The summed E-state index contributed by atoms with van der Waals surface area (Å²) in [5, 5.41) is 14.5. The number of methoxy groups -OCH3 is 1. The number of benzene rings is 1. The van der Waals surface area contributed by atoms with Crippen molar-refractivity contribution in [2.45, 2.75) is 18.9 Å². The number of hydrogen-bond donors (Lipinski definition) is 1. The number of nitrogens with one attached hydrogen (secondary N) is 1. The molecule has 1 aromatic rings. The van der Waals surface area contributed by atoms with Crippen LogP contribution in [0.1, 0.15) is 12.8 Å². The Balaban J connectivity index is 0.00000225. The third kappa shape index (κ3) is 4.55. The second-order valence-electron chi connectivity index (χ2n) is 6.24. The maximum Gasteiger partial charge on any atom is 0.312 e. The molecule has 140 valence electrons. The van der Waals surface area contributed by atoms with Gasteiger partial charge < -0.3 is 15.0 Å². The number of piperidine rings is 1. The molecule has 7 nitrogen and oxygen atoms in total. The molecule has 2 saturated heterocycles. The molecule has 0 bridgehead atoms. The number of anilines is 1. The summed E-state index contributed by atoms with van der Waals surface area (Å²) in [6, 6.07) is 3.95. The van der Waals surface area contributed by atoms with Crippen molar-refractivity contribution in [2.75, 3.05) is 51.3 Å². The molecule has 0 saturated carbocycles. The van der Waals surface area contributed by atoms with Crippen LogP contribution in [0.5, 0.6) is 5.75 Å². The van der Waals surface area contributed by atoms with Crippen molar-refractivity contribution >= 4 is 39.7 Å². The predicted molar refractivity (Wildman–Crippen MR) is 104 cm³/mol. The highest BCUT2D eigenvalue weighted by Crippen LogP contribution is 2.39. The maximum absolute atomic E-state index is 11.1. The number of nitro groups is 1. The molecule has 0 spiro atoms. The molecule has 2 fully saturated rings. The molecule has 3 rings (SSSR count). The van der Waals surface area contributed by atoms with Crippen LogP contribution in [-0.4, -0.2) is 62.2 Å². The van der Waals surface area contributed by atoms with Crippen LogP contribution in [-0.2, 0) is 0 Å². The molecule has 0 atom stereocenters. The molecule has 2 heterocycles. The lowest BCUT2D eigenvalue weighted by Crippen LogP contribution is -2.52. The fourth-order valence-electron chi connectivity index (χ4n) is 3.60. The molecule has 9 heteroatoms. The van der Waals surface area contributed by atoms with Crippen molar-refractivity contribution in [2.24, 2.45) is 0 Å². The summed E-state index contributed by atoms with van der Waals surface area (Å²) in [5.74, 6) is 0.308. The highest BCUT2D eigenvalue weighted by molar-refractivity contribution is 9.10. The van der Waals surface area contributed by atoms with E-state index in [4.69, 9.17) is 4.74 Å². The van der Waals surface area contributed by atoms with E-state index in [1.165, 1.54) is 13.2 Å². The van der Waals surface area contributed by atoms with Crippen molar-refractivity contribution < 1.29 is 9.66 Å². The van der Waals surface area contributed by atoms with E-state index in [9.17, 15) is 10.1 Å². The molecule has 1 aromatic carbocycles. The number of hydrogen-bond acceptors (Lipinski definition) is 6. The fraction of sp³-hybridized carbons (Fsp3) is 0.625. The smallest absolute Gasteiger partial charge is 0.312 e. The largest absolute Gasteiger partial charge is 0.490 e. The third-order valence-corrected chi connectivity index (χ3v) is 5.55. The second kappa shape index (κ2) is 9.02. The first-order valence-corrected chi connectivity index (χ1v) is 9.11. The van der Waals surface area contributed by atoms with Crippen LogP contribution in [0.3, 0.4) is 0 Å². The number of nitrogens with zero attached hydrogens (tertiary/aromatic N) is 3. The van der Waals surface area contributed by atoms with Crippen molar-refractivity contribution in [3.8, 4) is 5.75 Å². The van der Waals surface area contributed by atoms with Crippen LogP contribution in [0.15, 0.2) is 16.6 Å². The first-order chi connectivity index (χ1) is 11.6. The van der Waals surface area contributed by atoms with Gasteiger partial charge in [-0.25, -0.2) is 0 Å². The minimum absolute atomic E-state index is 0. The number of nitro benzene ring substituents is 1. The zero-order chi connectivity index (χ0) is 17.1. The van der Waals surface area contributed by atoms with Gasteiger partial charge in [0.1, 0.15) is 0 Å². The van der Waals surface area contributed by atoms with Gasteiger partial charge in [0.15, 0.2) is 5.75 Å². The lowest BCUT2D eigenvalue weighted by molar-refractivity contribution is -0.385. The molecule has 2 aliphatic heterocycles. The van der Waals surface area contributed by atoms with E-state index in [1.54, 1.807) is 6.07 Å². The number of halogens is 2. The fourth-order valence-corrected chi connectivity index (χ4v) is 4.18. The van der Waals surface area contributed by atoms with E-state index in [0.717, 1.165) is 62.3 Å². The van der Waals surface area contributed by atoms with Gasteiger partial charge in [-0.1, -0.05) is 0 Å². The molecular formula is C16H24BrClN4O3. The Hall–Kier alpha value is -1.09. The SMILES string of the molecule is COc1cc(N2CCC(N3CCNCC3)CC2)c(Br)cc1[N+](=O)[O-].Cl. The number of piperazine rings is 1. The van der Waals surface area contributed by atoms with E-state index in [1.807, 2.05) is 0 Å². The molecular weight excluding hydrogens is 412 g/mol. The standard InChI is InChI=1S/C16H23BrN4O3.ClH/c1-24-16-11-14(13(17)10-15(16)21(22)23)20-6-2-12(3-7-20)19-8-4-18-5-9-19;/h10-12,18H,2-9H2,1H3;1H. The second-order valence-corrected chi connectivity index (χ2v) is 7.09. The Bertz CT molecular complexity index is 605. The van der Waals surface area contributed by atoms with Gasteiger partial charge in [-0.15, -0.1) is 12.4 Å². The van der Waals surface area contributed by atoms with E-state index >= 15 is 0 Å². The Kier molecular flexibility index (Phi) is 7.30. The Morgan fingerprint density at radius 2 is 1.88 bits per heavy atom. The molecule has 2 aliphatic rings. The molecule has 0 unspecified atom stereocenters. The summed E-state index contributed by atoms with van der Waals surface area (Å²) in [4.78, 5) is 15.6. The normalized spacial score (nSPS) is 19.4. The summed E-state index contributed by atoms with van der Waals surface area (Å²) in [6.07, 6.45) is 2.23. The lowest BCUT2D eigenvalue weighted by atomic mass is 10.0. The highest BCUT2D eigenvalue weighted by Gasteiger charge is 2.28. The first kappa shape index (κ1) is 20.2. The van der Waals surface area contributed by atoms with Crippen LogP contribution in [0, 0.1) is 10.1 Å². The Morgan fingerprint density at radius 3 is 2.44 bits per heavy atom. The average Bonchev–Trinajstić information content (AvgIpc) is 2.62. The summed E-state index contributed by atoms with van der Waals surface area (Å²) < 4.78 is 5.95. The van der Waals surface area contributed by atoms with Gasteiger partial charge in [0.2, 0.25) is 0 Å². The van der Waals surface area contributed by atoms with Crippen molar-refractivity contribution in [1.82, 2.24) is 10.2 Å². The highest BCUT2D eigenvalue weighted by atomic mass is 79.9. The molecule has 0 aromatic heterocycles. The number of rotatable bonds is 4. The van der Waals surface area contributed by atoms with E-state index < -0.39 is 4.92 Å². The van der Waals surface area contributed by atoms with Crippen LogP contribution in [0.2, 0.25) is 0 Å². The molecule has 0 aliphatic carbocycles. The van der Waals surface area contributed by atoms with Gasteiger partial charge in [-0.05, 0) is 28.8 Å². The van der Waals surface area contributed by atoms with E-state index in [2.05, 4.69) is 31.0 Å². The van der Waals surface area contributed by atoms with Crippen LogP contribution < -0.4 is 15.0 Å². The monoisotopic (exact) mass is 434 g/mol. The Labute approximate surface area is 162 Å². The molecule has 1 N–H and O–H groups in total. The minimum atomic E-state index is -0.413. The lowest BCUT2D eigenvalue weighted by Gasteiger charge is -2.41. The predicted octanol–water partition coefficient (Wildman–Crippen LogP) is 2.66. The topological polar surface area (TPSA) is 70.9 Å². The van der Waals surface area contributed by atoms with Gasteiger partial charge in [0.25, 0.3) is 0 Å². The van der Waals surface area contributed by atoms with Gasteiger partial charge in [0.05, 0.1) is 17.7 Å². The third-order valence-electron chi connectivity index (χ3n) is 4.92. The quantitative estimate of drug-likeness (QED) is 0.579. The van der Waals surface area contributed by atoms with Crippen LogP contribution in [0.4, 0.5) is 11.4 Å². The zero-order valence-electron chi connectivity index (χ0n) is 14.2. The minimum Gasteiger partial charge on any atom is -0.490 e. The van der Waals surface area contributed by atoms with Gasteiger partial charge >= 0.3 is 5.69 Å².